The van der Waals surface area contributed by atoms with Gasteiger partial charge in [0.2, 0.25) is 11.8 Å². The monoisotopic (exact) mass is 1100 g/mol. The highest BCUT2D eigenvalue weighted by molar-refractivity contribution is 5.90. The molecule has 2 amide bonds. The SMILES string of the molecule is CC(=O)N[C@@H]1[C@@H](O[C@H]2[C@H](O[C@@H]3CC[C@]4(C)C5=C(CC[C@@H]4C3(C)C)[C@H]3CC[C@@H]([C@H](C)CC(=O)C=C(C)C)[C@]3(C)CC5)OC[C@@H](O[C@H]3O[C@@H](CO)[C@H](O)[C@@H](O)[C@H]3NC(C)=O)[C@H]2O)O[C@@H](CO[C@@H]2OC[C@H](O)[C@H](O)[C@@H]2O)[C@@H](O)[C@@H]1O. The summed E-state index contributed by atoms with van der Waals surface area (Å²) in [7, 11) is 0. The van der Waals surface area contributed by atoms with Gasteiger partial charge in [-0.1, -0.05) is 51.3 Å². The first kappa shape index (κ1) is 60.5. The lowest BCUT2D eigenvalue weighted by Gasteiger charge is -2.61. The molecule has 2 saturated carbocycles. The second-order valence-electron chi connectivity index (χ2n) is 24.8. The quantitative estimate of drug-likeness (QED) is 0.0723. The van der Waals surface area contributed by atoms with Crippen LogP contribution in [-0.2, 0) is 52.3 Å². The van der Waals surface area contributed by atoms with Crippen molar-refractivity contribution in [2.75, 3.05) is 26.4 Å². The zero-order valence-corrected chi connectivity index (χ0v) is 46.1. The van der Waals surface area contributed by atoms with Crippen LogP contribution in [0.5, 0.6) is 0 Å². The van der Waals surface area contributed by atoms with Gasteiger partial charge in [-0.25, -0.2) is 0 Å². The predicted molar refractivity (Wildman–Crippen MR) is 270 cm³/mol. The number of amides is 2. The lowest BCUT2D eigenvalue weighted by molar-refractivity contribution is -0.371. The average Bonchev–Trinajstić information content (AvgIpc) is 3.77. The highest BCUT2D eigenvalue weighted by Crippen LogP contribution is 2.68. The van der Waals surface area contributed by atoms with Gasteiger partial charge in [0.15, 0.2) is 30.9 Å². The molecule has 0 bridgehead atoms. The summed E-state index contributed by atoms with van der Waals surface area (Å²) in [6.45, 7) is 15.8. The van der Waals surface area contributed by atoms with E-state index in [1.807, 2.05) is 13.8 Å². The molecular formula is C55H88N2O20. The molecule has 0 aromatic carbocycles. The smallest absolute Gasteiger partial charge is 0.217 e. The third-order valence-electron chi connectivity index (χ3n) is 19.1. The fraction of sp³-hybridized carbons (Fsp3) is 0.873. The molecular weight excluding hydrogens is 1010 g/mol. The maximum atomic E-state index is 13.0. The molecule has 0 radical (unpaired) electrons. The van der Waals surface area contributed by atoms with E-state index < -0.39 is 147 Å². The molecule has 11 N–H and O–H groups in total. The molecule has 438 valence electrons. The summed E-state index contributed by atoms with van der Waals surface area (Å²) in [6, 6.07) is -2.86. The highest BCUT2D eigenvalue weighted by atomic mass is 16.8. The van der Waals surface area contributed by atoms with Gasteiger partial charge in [0.1, 0.15) is 85.3 Å². The lowest BCUT2D eigenvalue weighted by Crippen LogP contribution is -2.68. The minimum atomic E-state index is -1.78. The molecule has 0 aromatic heterocycles. The summed E-state index contributed by atoms with van der Waals surface area (Å²) in [5.41, 5.74) is 3.67. The van der Waals surface area contributed by atoms with E-state index >= 15 is 0 Å². The topological polar surface area (TPSA) is 331 Å². The number of ketones is 1. The van der Waals surface area contributed by atoms with Crippen LogP contribution >= 0.6 is 0 Å². The minimum absolute atomic E-state index is 0.107. The van der Waals surface area contributed by atoms with Crippen LogP contribution in [0.1, 0.15) is 120 Å². The van der Waals surface area contributed by atoms with Crippen molar-refractivity contribution in [3.05, 3.63) is 22.8 Å². The van der Waals surface area contributed by atoms with Gasteiger partial charge in [-0.3, -0.25) is 14.4 Å². The molecule has 4 aliphatic carbocycles. The fourth-order valence-corrected chi connectivity index (χ4v) is 15.2. The van der Waals surface area contributed by atoms with Crippen LogP contribution in [0.4, 0.5) is 0 Å². The van der Waals surface area contributed by atoms with Crippen LogP contribution in [0.3, 0.4) is 0 Å². The molecule has 8 aliphatic rings. The van der Waals surface area contributed by atoms with Crippen molar-refractivity contribution in [3.63, 3.8) is 0 Å². The molecule has 77 heavy (non-hydrogen) atoms. The summed E-state index contributed by atoms with van der Waals surface area (Å²) >= 11 is 0. The molecule has 4 saturated heterocycles. The molecule has 22 nitrogen and oxygen atoms in total. The molecule has 4 aliphatic heterocycles. The number of carbonyl (C=O) groups is 3. The van der Waals surface area contributed by atoms with Crippen LogP contribution in [0, 0.1) is 39.9 Å². The van der Waals surface area contributed by atoms with E-state index in [1.54, 1.807) is 17.2 Å². The number of hydrogen-bond acceptors (Lipinski definition) is 20. The van der Waals surface area contributed by atoms with Gasteiger partial charge in [-0.15, -0.1) is 0 Å². The number of fused-ring (bicyclic) bond motifs is 4. The number of hydrogen-bond donors (Lipinski definition) is 11. The molecule has 4 heterocycles. The number of aliphatic hydroxyl groups excluding tert-OH is 9. The summed E-state index contributed by atoms with van der Waals surface area (Å²) < 4.78 is 49.5. The van der Waals surface area contributed by atoms with Gasteiger partial charge < -0.3 is 94.5 Å². The number of aliphatic hydroxyl groups is 9. The minimum Gasteiger partial charge on any atom is -0.394 e. The second kappa shape index (κ2) is 24.1. The van der Waals surface area contributed by atoms with Crippen molar-refractivity contribution in [3.8, 4) is 0 Å². The van der Waals surface area contributed by atoms with Crippen molar-refractivity contribution in [2.45, 2.75) is 237 Å². The van der Waals surface area contributed by atoms with E-state index in [-0.39, 0.29) is 41.7 Å². The van der Waals surface area contributed by atoms with Gasteiger partial charge in [0.05, 0.1) is 32.5 Å². The zero-order valence-electron chi connectivity index (χ0n) is 46.1. The highest BCUT2D eigenvalue weighted by Gasteiger charge is 2.61. The van der Waals surface area contributed by atoms with Crippen molar-refractivity contribution < 1.29 is 98.2 Å². The first-order chi connectivity index (χ1) is 36.2. The molecule has 6 fully saturated rings. The zero-order chi connectivity index (χ0) is 56.2. The van der Waals surface area contributed by atoms with E-state index in [0.29, 0.717) is 24.7 Å². The fourth-order valence-electron chi connectivity index (χ4n) is 15.2. The Morgan fingerprint density at radius 2 is 1.31 bits per heavy atom. The Balaban J connectivity index is 1.05. The molecule has 8 rings (SSSR count). The Morgan fingerprint density at radius 1 is 0.688 bits per heavy atom. The van der Waals surface area contributed by atoms with Crippen LogP contribution < -0.4 is 10.6 Å². The Kier molecular flexibility index (Phi) is 18.9. The van der Waals surface area contributed by atoms with Crippen LogP contribution in [0.25, 0.3) is 0 Å². The summed E-state index contributed by atoms with van der Waals surface area (Å²) in [6.07, 6.45) is -15.7. The maximum absolute atomic E-state index is 13.0. The molecule has 22 heteroatoms. The number of carbonyl (C=O) groups excluding carboxylic acids is 3. The Bertz CT molecular complexity index is 2160. The van der Waals surface area contributed by atoms with E-state index in [2.05, 4.69) is 45.3 Å². The van der Waals surface area contributed by atoms with Gasteiger partial charge in [0.25, 0.3) is 0 Å². The summed E-state index contributed by atoms with van der Waals surface area (Å²) in [5, 5.41) is 103. The number of rotatable bonds is 16. The van der Waals surface area contributed by atoms with Gasteiger partial charge >= 0.3 is 0 Å². The third-order valence-corrected chi connectivity index (χ3v) is 19.1. The number of nitrogens with one attached hydrogen (secondary N) is 2. The van der Waals surface area contributed by atoms with E-state index in [0.717, 1.165) is 50.5 Å². The predicted octanol–water partition coefficient (Wildman–Crippen LogP) is 0.131. The van der Waals surface area contributed by atoms with Crippen molar-refractivity contribution in [1.82, 2.24) is 10.6 Å². The second-order valence-corrected chi connectivity index (χ2v) is 24.8. The largest absolute Gasteiger partial charge is 0.394 e. The lowest BCUT2D eigenvalue weighted by atomic mass is 9.45. The van der Waals surface area contributed by atoms with Crippen molar-refractivity contribution in [2.24, 2.45) is 39.9 Å². The van der Waals surface area contributed by atoms with E-state index in [9.17, 15) is 60.3 Å². The average molecular weight is 1100 g/mol. The Labute approximate surface area is 451 Å². The molecule has 25 atom stereocenters. The Morgan fingerprint density at radius 3 is 1.95 bits per heavy atom. The summed E-state index contributed by atoms with van der Waals surface area (Å²) in [5.74, 6) is 0.317. The molecule has 0 spiro atoms. The van der Waals surface area contributed by atoms with Gasteiger partial charge in [-0.2, -0.15) is 0 Å². The van der Waals surface area contributed by atoms with Crippen molar-refractivity contribution >= 4 is 17.6 Å². The summed E-state index contributed by atoms with van der Waals surface area (Å²) in [4.78, 5) is 38.0. The van der Waals surface area contributed by atoms with Crippen LogP contribution in [-0.4, -0.2) is 207 Å². The van der Waals surface area contributed by atoms with Gasteiger partial charge in [-0.05, 0) is 111 Å². The van der Waals surface area contributed by atoms with Crippen molar-refractivity contribution in [1.29, 1.82) is 0 Å². The maximum Gasteiger partial charge on any atom is 0.217 e. The third kappa shape index (κ3) is 12.0. The van der Waals surface area contributed by atoms with Gasteiger partial charge in [0, 0.05) is 20.3 Å². The first-order valence-corrected chi connectivity index (χ1v) is 27.8. The van der Waals surface area contributed by atoms with E-state index in [4.69, 9.17) is 37.9 Å². The normalized spacial score (nSPS) is 46.2. The Hall–Kier alpha value is -2.59. The number of ether oxygens (including phenoxy) is 8. The van der Waals surface area contributed by atoms with Crippen LogP contribution in [0.15, 0.2) is 22.8 Å². The van der Waals surface area contributed by atoms with E-state index in [1.165, 1.54) is 13.8 Å². The number of allylic oxidation sites excluding steroid dienone is 4. The van der Waals surface area contributed by atoms with Crippen LogP contribution in [0.2, 0.25) is 0 Å². The standard InChI is InChI=1S/C55H88N2O20/c1-24(2)18-28(61)19-25(3)30-11-12-31-29-10-13-37-53(6,7)38(15-17-55(37,9)32(29)14-16-54(30,31)8)76-52-48(44(66)36(23-72-52)75-49-39(56-26(4)59)45(67)42(64)34(20-58)73-49)77-50-40(57-27(5)60)46(68)43(65)35(74-50)22-71-51-47(69)41(63)33(62)21-70-51/h18,25,30-31,33-52,58,62-69H,10-17,19-23H2,1-9H3,(H,56,59)(H,57,60)/t25-,30+,31-,33+,34+,35+,36-,37-,38-,39-,40+,41+,42+,43-,44-,45+,46-,47+,48-,49-,50-,51+,52+,54+,55-/m1/s1. The first-order valence-electron chi connectivity index (χ1n) is 27.8. The molecule has 0 aromatic rings. The molecule has 0 unspecified atom stereocenters.